The smallest absolute Gasteiger partial charge is 0.131 e. The van der Waals surface area contributed by atoms with Crippen LogP contribution < -0.4 is 4.74 Å². The van der Waals surface area contributed by atoms with Gasteiger partial charge >= 0.3 is 0 Å². The van der Waals surface area contributed by atoms with Crippen molar-refractivity contribution in [2.45, 2.75) is 13.0 Å². The molecule has 0 saturated carbocycles. The van der Waals surface area contributed by atoms with Crippen LogP contribution in [-0.2, 0) is 4.79 Å². The Bertz CT molecular complexity index is 508. The Balaban J connectivity index is 2.64. The number of rotatable bonds is 1. The third-order valence-electron chi connectivity index (χ3n) is 2.76. The van der Waals surface area contributed by atoms with E-state index in [1.54, 1.807) is 25.2 Å². The molecule has 1 atom stereocenters. The molecule has 0 fully saturated rings. The zero-order valence-electron chi connectivity index (χ0n) is 9.15. The molecule has 3 heteroatoms. The highest BCUT2D eigenvalue weighted by Crippen LogP contribution is 2.36. The van der Waals surface area contributed by atoms with Crippen LogP contribution in [-0.4, -0.2) is 18.2 Å². The molecule has 16 heavy (non-hydrogen) atoms. The summed E-state index contributed by atoms with van der Waals surface area (Å²) in [7, 11) is 1.57. The Labute approximate surface area is 93.7 Å². The zero-order chi connectivity index (χ0) is 11.7. The van der Waals surface area contributed by atoms with Gasteiger partial charge in [-0.3, -0.25) is 0 Å². The van der Waals surface area contributed by atoms with Gasteiger partial charge in [-0.25, -0.2) is 4.79 Å². The summed E-state index contributed by atoms with van der Waals surface area (Å²) in [6, 6.07) is 5.46. The van der Waals surface area contributed by atoms with E-state index >= 15 is 0 Å². The highest BCUT2D eigenvalue weighted by atomic mass is 16.5. The van der Waals surface area contributed by atoms with E-state index in [1.165, 1.54) is 0 Å². The summed E-state index contributed by atoms with van der Waals surface area (Å²) in [6.45, 7) is 1.90. The van der Waals surface area contributed by atoms with Gasteiger partial charge in [0.15, 0.2) is 0 Å². The number of methoxy groups -OCH3 is 1. The molecule has 0 saturated heterocycles. The molecule has 0 spiro atoms. The molecule has 0 heterocycles. The molecule has 1 aromatic rings. The van der Waals surface area contributed by atoms with Crippen molar-refractivity contribution >= 4 is 11.5 Å². The molecule has 1 N–H and O–H groups in total. The van der Waals surface area contributed by atoms with Crippen LogP contribution in [0.5, 0.6) is 5.75 Å². The van der Waals surface area contributed by atoms with Crippen molar-refractivity contribution in [2.24, 2.45) is 0 Å². The van der Waals surface area contributed by atoms with Gasteiger partial charge in [0.25, 0.3) is 0 Å². The number of fused-ring (bicyclic) bond motifs is 1. The summed E-state index contributed by atoms with van der Waals surface area (Å²) in [5.74, 6) is 2.43. The maximum absolute atomic E-state index is 10.7. The maximum atomic E-state index is 10.7. The molecule has 1 aliphatic rings. The predicted octanol–water partition coefficient (Wildman–Crippen LogP) is 1.90. The summed E-state index contributed by atoms with van der Waals surface area (Å²) in [5.41, 5.74) is 2.84. The second-order valence-corrected chi connectivity index (χ2v) is 3.74. The highest BCUT2D eigenvalue weighted by Gasteiger charge is 2.23. The second kappa shape index (κ2) is 3.97. The molecule has 2 rings (SSSR count). The highest BCUT2D eigenvalue weighted by molar-refractivity contribution is 5.79. The lowest BCUT2D eigenvalue weighted by atomic mass is 9.87. The predicted molar refractivity (Wildman–Crippen MR) is 60.8 cm³/mol. The van der Waals surface area contributed by atoms with Crippen LogP contribution >= 0.6 is 0 Å². The number of allylic oxidation sites excluding steroid dienone is 1. The first-order chi connectivity index (χ1) is 7.67. The van der Waals surface area contributed by atoms with Crippen molar-refractivity contribution in [1.82, 2.24) is 0 Å². The normalized spacial score (nSPS) is 18.6. The Morgan fingerprint density at radius 2 is 2.19 bits per heavy atom. The van der Waals surface area contributed by atoms with Gasteiger partial charge in [-0.1, -0.05) is 6.07 Å². The Morgan fingerprint density at radius 1 is 1.44 bits per heavy atom. The number of ether oxygens (including phenoxy) is 1. The van der Waals surface area contributed by atoms with E-state index in [-0.39, 0.29) is 5.57 Å². The summed E-state index contributed by atoms with van der Waals surface area (Å²) < 4.78 is 5.09. The standard InChI is InChI=1S/C13H12O3/c1-8-5-9(7-14)13(15)12-6-10(16-2)3-4-11(8)12/h3-6,13,15H,1-2H3. The van der Waals surface area contributed by atoms with Crippen molar-refractivity contribution in [3.05, 3.63) is 41.0 Å². The number of aliphatic hydroxyl groups is 1. The van der Waals surface area contributed by atoms with E-state index in [2.05, 4.69) is 0 Å². The Hall–Kier alpha value is -1.83. The van der Waals surface area contributed by atoms with E-state index in [0.29, 0.717) is 11.3 Å². The fourth-order valence-corrected chi connectivity index (χ4v) is 1.90. The van der Waals surface area contributed by atoms with E-state index in [0.717, 1.165) is 11.1 Å². The van der Waals surface area contributed by atoms with Crippen LogP contribution in [0.15, 0.2) is 29.8 Å². The van der Waals surface area contributed by atoms with Gasteiger partial charge in [0, 0.05) is 0 Å². The van der Waals surface area contributed by atoms with E-state index in [9.17, 15) is 9.90 Å². The molecule has 0 amide bonds. The molecule has 1 aliphatic carbocycles. The number of hydrogen-bond acceptors (Lipinski definition) is 3. The van der Waals surface area contributed by atoms with Crippen LogP contribution in [0.3, 0.4) is 0 Å². The topological polar surface area (TPSA) is 46.5 Å². The van der Waals surface area contributed by atoms with Crippen molar-refractivity contribution in [1.29, 1.82) is 0 Å². The molecule has 3 nitrogen and oxygen atoms in total. The largest absolute Gasteiger partial charge is 0.497 e. The van der Waals surface area contributed by atoms with E-state index in [1.807, 2.05) is 19.1 Å². The molecule has 0 bridgehead atoms. The number of benzene rings is 1. The van der Waals surface area contributed by atoms with Gasteiger partial charge in [0.05, 0.1) is 12.7 Å². The lowest BCUT2D eigenvalue weighted by molar-refractivity contribution is 0.219. The molecule has 82 valence electrons. The van der Waals surface area contributed by atoms with Gasteiger partial charge in [-0.05, 0) is 41.8 Å². The SMILES string of the molecule is COc1ccc2c(c1)C(O)C(=C=O)C=C2C. The molecule has 0 aromatic heterocycles. The minimum atomic E-state index is -0.911. The lowest BCUT2D eigenvalue weighted by Gasteiger charge is -2.21. The first-order valence-electron chi connectivity index (χ1n) is 4.97. The minimum Gasteiger partial charge on any atom is -0.497 e. The van der Waals surface area contributed by atoms with E-state index in [4.69, 9.17) is 4.74 Å². The zero-order valence-corrected chi connectivity index (χ0v) is 9.15. The summed E-state index contributed by atoms with van der Waals surface area (Å²) in [5, 5.41) is 9.96. The van der Waals surface area contributed by atoms with Gasteiger partial charge in [0.1, 0.15) is 17.8 Å². The van der Waals surface area contributed by atoms with Crippen LogP contribution in [0.4, 0.5) is 0 Å². The number of carbonyl (C=O) groups excluding carboxylic acids is 1. The quantitative estimate of drug-likeness (QED) is 0.729. The van der Waals surface area contributed by atoms with Crippen LogP contribution in [0, 0.1) is 0 Å². The maximum Gasteiger partial charge on any atom is 0.131 e. The number of hydrogen-bond donors (Lipinski definition) is 1. The molecular weight excluding hydrogens is 204 g/mol. The van der Waals surface area contributed by atoms with Gasteiger partial charge in [-0.2, -0.15) is 0 Å². The number of aliphatic hydroxyl groups excluding tert-OH is 1. The van der Waals surface area contributed by atoms with Crippen molar-refractivity contribution in [2.75, 3.05) is 7.11 Å². The first-order valence-corrected chi connectivity index (χ1v) is 4.97. The van der Waals surface area contributed by atoms with Gasteiger partial charge in [0.2, 0.25) is 0 Å². The minimum absolute atomic E-state index is 0.262. The first kappa shape index (κ1) is 10.7. The fourth-order valence-electron chi connectivity index (χ4n) is 1.90. The Morgan fingerprint density at radius 3 is 2.81 bits per heavy atom. The third kappa shape index (κ3) is 1.56. The van der Waals surface area contributed by atoms with Crippen LogP contribution in [0.1, 0.15) is 24.2 Å². The summed E-state index contributed by atoms with van der Waals surface area (Å²) in [4.78, 5) is 10.7. The third-order valence-corrected chi connectivity index (χ3v) is 2.76. The summed E-state index contributed by atoms with van der Waals surface area (Å²) >= 11 is 0. The average Bonchev–Trinajstić information content (AvgIpc) is 2.33. The van der Waals surface area contributed by atoms with Gasteiger partial charge in [-0.15, -0.1) is 0 Å². The lowest BCUT2D eigenvalue weighted by Crippen LogP contribution is -2.09. The van der Waals surface area contributed by atoms with Crippen molar-refractivity contribution < 1.29 is 14.6 Å². The van der Waals surface area contributed by atoms with E-state index < -0.39 is 6.10 Å². The monoisotopic (exact) mass is 216 g/mol. The Kier molecular flexibility index (Phi) is 2.65. The van der Waals surface area contributed by atoms with Crippen LogP contribution in [0.25, 0.3) is 5.57 Å². The molecule has 1 aromatic carbocycles. The molecule has 0 aliphatic heterocycles. The van der Waals surface area contributed by atoms with Crippen molar-refractivity contribution in [3.63, 3.8) is 0 Å². The molecule has 1 unspecified atom stereocenters. The summed E-state index contributed by atoms with van der Waals surface area (Å²) in [6.07, 6.45) is 0.748. The average molecular weight is 216 g/mol. The van der Waals surface area contributed by atoms with Gasteiger partial charge < -0.3 is 9.84 Å². The fraction of sp³-hybridized carbons (Fsp3) is 0.231. The second-order valence-electron chi connectivity index (χ2n) is 3.74. The molecular formula is C13H12O3. The van der Waals surface area contributed by atoms with Crippen molar-refractivity contribution in [3.8, 4) is 5.75 Å². The molecule has 0 radical (unpaired) electrons. The van der Waals surface area contributed by atoms with Crippen LogP contribution in [0.2, 0.25) is 0 Å².